The molecule has 3 N–H and O–H groups in total. The molecular formula is C18H16FN5O. The number of amides is 2. The molecule has 0 radical (unpaired) electrons. The molecule has 0 fully saturated rings. The third-order valence-electron chi connectivity index (χ3n) is 3.30. The van der Waals surface area contributed by atoms with Gasteiger partial charge in [0.1, 0.15) is 5.82 Å². The Bertz CT molecular complexity index is 865. The van der Waals surface area contributed by atoms with E-state index in [-0.39, 0.29) is 0 Å². The van der Waals surface area contributed by atoms with Crippen LogP contribution in [0, 0.1) is 12.7 Å². The highest BCUT2D eigenvalue weighted by Crippen LogP contribution is 2.18. The Morgan fingerprint density at radius 1 is 0.880 bits per heavy atom. The van der Waals surface area contributed by atoms with Crippen LogP contribution in [0.5, 0.6) is 0 Å². The Kier molecular flexibility index (Phi) is 4.84. The van der Waals surface area contributed by atoms with Crippen molar-refractivity contribution >= 4 is 28.9 Å². The standard InChI is InChI=1S/C18H16FN5O/c1-12-5-10-17(24-23-12)20-14-6-8-15(9-7-14)21-18(25)22-16-4-2-3-13(19)11-16/h2-11H,1H3,(H,20,24)(H2,21,22,25). The van der Waals surface area contributed by atoms with E-state index in [4.69, 9.17) is 0 Å². The van der Waals surface area contributed by atoms with Crippen molar-refractivity contribution < 1.29 is 9.18 Å². The first kappa shape index (κ1) is 16.4. The van der Waals surface area contributed by atoms with Crippen LogP contribution in [0.3, 0.4) is 0 Å². The summed E-state index contributed by atoms with van der Waals surface area (Å²) >= 11 is 0. The topological polar surface area (TPSA) is 78.9 Å². The quantitative estimate of drug-likeness (QED) is 0.663. The number of aromatic nitrogens is 2. The van der Waals surface area contributed by atoms with Gasteiger partial charge in [-0.05, 0) is 61.5 Å². The normalized spacial score (nSPS) is 10.2. The number of nitrogens with zero attached hydrogens (tertiary/aromatic N) is 2. The highest BCUT2D eigenvalue weighted by atomic mass is 19.1. The van der Waals surface area contributed by atoms with Crippen LogP contribution in [0.1, 0.15) is 5.69 Å². The predicted molar refractivity (Wildman–Crippen MR) is 95.5 cm³/mol. The van der Waals surface area contributed by atoms with Gasteiger partial charge in [0.25, 0.3) is 0 Å². The number of aryl methyl sites for hydroxylation is 1. The van der Waals surface area contributed by atoms with E-state index >= 15 is 0 Å². The first-order valence-electron chi connectivity index (χ1n) is 7.59. The van der Waals surface area contributed by atoms with Gasteiger partial charge in [0.15, 0.2) is 5.82 Å². The number of benzene rings is 2. The van der Waals surface area contributed by atoms with Crippen LogP contribution in [0.25, 0.3) is 0 Å². The van der Waals surface area contributed by atoms with Crippen LogP contribution >= 0.6 is 0 Å². The second kappa shape index (κ2) is 7.39. The molecule has 0 aliphatic carbocycles. The maximum Gasteiger partial charge on any atom is 0.323 e. The van der Waals surface area contributed by atoms with Crippen LogP contribution in [-0.2, 0) is 0 Å². The summed E-state index contributed by atoms with van der Waals surface area (Å²) in [6.45, 7) is 1.87. The van der Waals surface area contributed by atoms with Crippen molar-refractivity contribution in [3.63, 3.8) is 0 Å². The first-order chi connectivity index (χ1) is 12.1. The molecule has 0 spiro atoms. The molecule has 1 heterocycles. The van der Waals surface area contributed by atoms with Gasteiger partial charge in [0, 0.05) is 17.1 Å². The minimum absolute atomic E-state index is 0.383. The molecule has 3 aromatic rings. The van der Waals surface area contributed by atoms with Crippen LogP contribution in [0.2, 0.25) is 0 Å². The highest BCUT2D eigenvalue weighted by molar-refractivity contribution is 5.99. The van der Waals surface area contributed by atoms with Gasteiger partial charge in [0.05, 0.1) is 5.69 Å². The maximum absolute atomic E-state index is 13.1. The molecule has 1 aromatic heterocycles. The van der Waals surface area contributed by atoms with Crippen molar-refractivity contribution in [1.82, 2.24) is 10.2 Å². The lowest BCUT2D eigenvalue weighted by molar-refractivity contribution is 0.262. The van der Waals surface area contributed by atoms with Gasteiger partial charge in [0.2, 0.25) is 0 Å². The Morgan fingerprint density at radius 3 is 2.28 bits per heavy atom. The number of rotatable bonds is 4. The summed E-state index contributed by atoms with van der Waals surface area (Å²) in [5, 5.41) is 16.4. The van der Waals surface area contributed by atoms with Crippen LogP contribution < -0.4 is 16.0 Å². The summed E-state index contributed by atoms with van der Waals surface area (Å²) in [7, 11) is 0. The largest absolute Gasteiger partial charge is 0.339 e. The van der Waals surface area contributed by atoms with Crippen molar-refractivity contribution in [1.29, 1.82) is 0 Å². The zero-order chi connectivity index (χ0) is 17.6. The van der Waals surface area contributed by atoms with Gasteiger partial charge < -0.3 is 16.0 Å². The van der Waals surface area contributed by atoms with E-state index in [0.717, 1.165) is 11.4 Å². The Morgan fingerprint density at radius 2 is 1.60 bits per heavy atom. The number of carbonyl (C=O) groups is 1. The Hall–Kier alpha value is -3.48. The van der Waals surface area contributed by atoms with Gasteiger partial charge in [-0.15, -0.1) is 5.10 Å². The van der Waals surface area contributed by atoms with Gasteiger partial charge in [-0.25, -0.2) is 9.18 Å². The summed E-state index contributed by atoms with van der Waals surface area (Å²) in [5.74, 6) is 0.225. The van der Waals surface area contributed by atoms with Crippen LogP contribution in [0.4, 0.5) is 32.1 Å². The van der Waals surface area contributed by atoms with Gasteiger partial charge in [-0.2, -0.15) is 5.10 Å². The molecular weight excluding hydrogens is 321 g/mol. The second-order valence-corrected chi connectivity index (χ2v) is 5.35. The molecule has 6 nitrogen and oxygen atoms in total. The van der Waals surface area contributed by atoms with E-state index in [1.54, 1.807) is 30.3 Å². The van der Waals surface area contributed by atoms with Crippen LogP contribution in [-0.4, -0.2) is 16.2 Å². The zero-order valence-electron chi connectivity index (χ0n) is 13.5. The number of urea groups is 1. The van der Waals surface area contributed by atoms with E-state index in [2.05, 4.69) is 26.1 Å². The number of nitrogens with one attached hydrogen (secondary N) is 3. The SMILES string of the molecule is Cc1ccc(Nc2ccc(NC(=O)Nc3cccc(F)c3)cc2)nn1. The average molecular weight is 337 g/mol. The molecule has 25 heavy (non-hydrogen) atoms. The van der Waals surface area contributed by atoms with Crippen molar-refractivity contribution in [2.45, 2.75) is 6.92 Å². The fraction of sp³-hybridized carbons (Fsp3) is 0.0556. The van der Waals surface area contributed by atoms with Crippen molar-refractivity contribution in [2.75, 3.05) is 16.0 Å². The first-order valence-corrected chi connectivity index (χ1v) is 7.59. The Balaban J connectivity index is 1.58. The number of carbonyl (C=O) groups excluding carboxylic acids is 1. The van der Waals surface area contributed by atoms with Crippen molar-refractivity contribution in [2.24, 2.45) is 0 Å². The lowest BCUT2D eigenvalue weighted by atomic mass is 10.2. The maximum atomic E-state index is 13.1. The highest BCUT2D eigenvalue weighted by Gasteiger charge is 2.04. The molecule has 0 aliphatic heterocycles. The van der Waals surface area contributed by atoms with Gasteiger partial charge in [-0.1, -0.05) is 6.07 Å². The fourth-order valence-corrected chi connectivity index (χ4v) is 2.11. The number of hydrogen-bond acceptors (Lipinski definition) is 4. The summed E-state index contributed by atoms with van der Waals surface area (Å²) in [4.78, 5) is 11.9. The molecule has 0 saturated heterocycles. The van der Waals surface area contributed by atoms with E-state index in [0.29, 0.717) is 17.2 Å². The number of halogens is 1. The molecule has 0 unspecified atom stereocenters. The van der Waals surface area contributed by atoms with Gasteiger partial charge in [-0.3, -0.25) is 0 Å². The van der Waals surface area contributed by atoms with E-state index in [1.807, 2.05) is 19.1 Å². The fourth-order valence-electron chi connectivity index (χ4n) is 2.11. The Labute approximate surface area is 144 Å². The average Bonchev–Trinajstić information content (AvgIpc) is 2.59. The minimum atomic E-state index is -0.448. The van der Waals surface area contributed by atoms with E-state index in [1.165, 1.54) is 18.2 Å². The summed E-state index contributed by atoms with van der Waals surface area (Å²) in [6.07, 6.45) is 0. The molecule has 0 saturated carbocycles. The molecule has 126 valence electrons. The van der Waals surface area contributed by atoms with Crippen molar-refractivity contribution in [3.05, 3.63) is 72.2 Å². The lowest BCUT2D eigenvalue weighted by Crippen LogP contribution is -2.19. The molecule has 7 heteroatoms. The van der Waals surface area contributed by atoms with Crippen LogP contribution in [0.15, 0.2) is 60.7 Å². The molecule has 0 aliphatic rings. The molecule has 3 rings (SSSR count). The lowest BCUT2D eigenvalue weighted by Gasteiger charge is -2.09. The molecule has 2 aromatic carbocycles. The van der Waals surface area contributed by atoms with Crippen molar-refractivity contribution in [3.8, 4) is 0 Å². The molecule has 0 bridgehead atoms. The van der Waals surface area contributed by atoms with E-state index in [9.17, 15) is 9.18 Å². The zero-order valence-corrected chi connectivity index (χ0v) is 13.5. The smallest absolute Gasteiger partial charge is 0.323 e. The summed E-state index contributed by atoms with van der Waals surface area (Å²) in [6, 6.07) is 16.0. The monoisotopic (exact) mass is 337 g/mol. The second-order valence-electron chi connectivity index (χ2n) is 5.35. The number of anilines is 4. The van der Waals surface area contributed by atoms with Gasteiger partial charge >= 0.3 is 6.03 Å². The van der Waals surface area contributed by atoms with E-state index < -0.39 is 11.8 Å². The summed E-state index contributed by atoms with van der Waals surface area (Å²) in [5.41, 5.74) is 2.65. The number of hydrogen-bond donors (Lipinski definition) is 3. The predicted octanol–water partition coefficient (Wildman–Crippen LogP) is 4.31. The molecule has 0 atom stereocenters. The molecule has 2 amide bonds. The minimum Gasteiger partial charge on any atom is -0.339 e. The summed E-state index contributed by atoms with van der Waals surface area (Å²) < 4.78 is 13.1. The third-order valence-corrected chi connectivity index (χ3v) is 3.30. The third kappa shape index (κ3) is 4.74.